The van der Waals surface area contributed by atoms with Gasteiger partial charge >= 0.3 is 0 Å². The van der Waals surface area contributed by atoms with Crippen molar-refractivity contribution in [3.63, 3.8) is 0 Å². The molecule has 0 radical (unpaired) electrons. The molecule has 0 bridgehead atoms. The summed E-state index contributed by atoms with van der Waals surface area (Å²) in [6, 6.07) is 3.93. The number of nitrogens with one attached hydrogen (secondary N) is 1. The third-order valence-corrected chi connectivity index (χ3v) is 5.16. The zero-order valence-corrected chi connectivity index (χ0v) is 13.4. The van der Waals surface area contributed by atoms with Crippen molar-refractivity contribution in [2.24, 2.45) is 0 Å². The van der Waals surface area contributed by atoms with Gasteiger partial charge < -0.3 is 10.1 Å². The van der Waals surface area contributed by atoms with Crippen molar-refractivity contribution < 1.29 is 9.53 Å². The summed E-state index contributed by atoms with van der Waals surface area (Å²) in [6.45, 7) is 2.59. The van der Waals surface area contributed by atoms with Crippen molar-refractivity contribution >= 4 is 54.1 Å². The second-order valence-corrected chi connectivity index (χ2v) is 6.86. The number of ether oxygens (including phenoxy) is 1. The molecule has 0 fully saturated rings. The molecule has 5 nitrogen and oxygen atoms in total. The highest BCUT2D eigenvalue weighted by atomic mass is 32.1. The summed E-state index contributed by atoms with van der Waals surface area (Å²) in [5, 5.41) is 4.54. The highest BCUT2D eigenvalue weighted by molar-refractivity contribution is 7.28. The summed E-state index contributed by atoms with van der Waals surface area (Å²) in [4.78, 5) is 20.8. The van der Waals surface area contributed by atoms with Gasteiger partial charge in [-0.3, -0.25) is 4.79 Å². The Kier molecular flexibility index (Phi) is 4.14. The lowest BCUT2D eigenvalue weighted by atomic mass is 10.3. The van der Waals surface area contributed by atoms with Gasteiger partial charge in [-0.05, 0) is 25.5 Å². The second-order valence-electron chi connectivity index (χ2n) is 4.66. The maximum Gasteiger partial charge on any atom is 0.226 e. The molecule has 0 aliphatic rings. The first-order valence-corrected chi connectivity index (χ1v) is 8.26. The smallest absolute Gasteiger partial charge is 0.226 e. The quantitative estimate of drug-likeness (QED) is 0.730. The summed E-state index contributed by atoms with van der Waals surface area (Å²) < 4.78 is 7.17. The second kappa shape index (κ2) is 6.05. The van der Waals surface area contributed by atoms with Crippen molar-refractivity contribution in [3.05, 3.63) is 17.1 Å². The third-order valence-electron chi connectivity index (χ3n) is 3.02. The molecule has 110 valence electrons. The molecule has 0 spiro atoms. The van der Waals surface area contributed by atoms with E-state index in [1.807, 2.05) is 19.1 Å². The molecule has 0 aliphatic carbocycles. The minimum atomic E-state index is -0.0252. The van der Waals surface area contributed by atoms with Gasteiger partial charge in [-0.25, -0.2) is 9.97 Å². The fraction of sp³-hybridized carbons (Fsp3) is 0.357. The molecule has 2 heterocycles. The number of carbonyl (C=O) groups is 1. The molecule has 0 unspecified atom stereocenters. The Morgan fingerprint density at radius 1 is 1.24 bits per heavy atom. The molecule has 3 aromatic rings. The number of fused-ring (bicyclic) bond motifs is 3. The molecule has 2 aromatic heterocycles. The van der Waals surface area contributed by atoms with E-state index in [1.165, 1.54) is 11.3 Å². The van der Waals surface area contributed by atoms with Gasteiger partial charge in [0, 0.05) is 20.1 Å². The van der Waals surface area contributed by atoms with E-state index in [1.54, 1.807) is 18.4 Å². The number of carbonyl (C=O) groups excluding carboxylic acids is 1. The Morgan fingerprint density at radius 3 is 2.71 bits per heavy atom. The van der Waals surface area contributed by atoms with Gasteiger partial charge in [-0.1, -0.05) is 11.3 Å². The fourth-order valence-electron chi connectivity index (χ4n) is 2.10. The number of benzene rings is 1. The number of thiazole rings is 2. The van der Waals surface area contributed by atoms with Crippen LogP contribution in [-0.2, 0) is 9.53 Å². The van der Waals surface area contributed by atoms with Gasteiger partial charge in [0.2, 0.25) is 5.91 Å². The predicted molar refractivity (Wildman–Crippen MR) is 87.3 cm³/mol. The van der Waals surface area contributed by atoms with E-state index in [9.17, 15) is 4.79 Å². The van der Waals surface area contributed by atoms with E-state index in [-0.39, 0.29) is 5.91 Å². The summed E-state index contributed by atoms with van der Waals surface area (Å²) >= 11 is 3.16. The molecule has 7 heteroatoms. The van der Waals surface area contributed by atoms with Gasteiger partial charge in [0.15, 0.2) is 5.13 Å². The largest absolute Gasteiger partial charge is 0.385 e. The van der Waals surface area contributed by atoms with E-state index in [0.29, 0.717) is 24.6 Å². The van der Waals surface area contributed by atoms with Crippen molar-refractivity contribution in [3.8, 4) is 0 Å². The van der Waals surface area contributed by atoms with Crippen molar-refractivity contribution in [1.82, 2.24) is 9.97 Å². The number of aryl methyl sites for hydroxylation is 1. The average Bonchev–Trinajstić information content (AvgIpc) is 3.00. The van der Waals surface area contributed by atoms with Crippen LogP contribution < -0.4 is 5.32 Å². The first-order valence-electron chi connectivity index (χ1n) is 6.63. The average molecular weight is 321 g/mol. The SMILES string of the molecule is COCCCC(=O)Nc1nc2ccc3nc(C)sc3c2s1. The van der Waals surface area contributed by atoms with Crippen LogP contribution in [0.2, 0.25) is 0 Å². The van der Waals surface area contributed by atoms with Crippen LogP contribution in [0.1, 0.15) is 17.8 Å². The molecule has 3 rings (SSSR count). The first-order chi connectivity index (χ1) is 10.2. The highest BCUT2D eigenvalue weighted by Crippen LogP contribution is 2.35. The molecule has 1 aromatic carbocycles. The minimum absolute atomic E-state index is 0.0252. The van der Waals surface area contributed by atoms with Crippen molar-refractivity contribution in [1.29, 1.82) is 0 Å². The molecule has 0 aliphatic heterocycles. The minimum Gasteiger partial charge on any atom is -0.385 e. The van der Waals surface area contributed by atoms with Crippen LogP contribution >= 0.6 is 22.7 Å². The number of rotatable bonds is 5. The number of aromatic nitrogens is 2. The van der Waals surface area contributed by atoms with Gasteiger partial charge in [0.05, 0.1) is 25.4 Å². The normalized spacial score (nSPS) is 11.3. The molecule has 0 atom stereocenters. The summed E-state index contributed by atoms with van der Waals surface area (Å²) in [6.07, 6.45) is 1.16. The fourth-order valence-corrected chi connectivity index (χ4v) is 4.12. The van der Waals surface area contributed by atoms with Crippen LogP contribution in [0.4, 0.5) is 5.13 Å². The van der Waals surface area contributed by atoms with E-state index in [2.05, 4.69) is 15.3 Å². The van der Waals surface area contributed by atoms with Crippen LogP contribution in [0.5, 0.6) is 0 Å². The van der Waals surface area contributed by atoms with Crippen molar-refractivity contribution in [2.75, 3.05) is 19.0 Å². The molecular weight excluding hydrogens is 306 g/mol. The summed E-state index contributed by atoms with van der Waals surface area (Å²) in [7, 11) is 1.63. The van der Waals surface area contributed by atoms with Crippen LogP contribution in [0.25, 0.3) is 20.4 Å². The number of hydrogen-bond acceptors (Lipinski definition) is 6. The van der Waals surface area contributed by atoms with Gasteiger partial charge in [0.25, 0.3) is 0 Å². The lowest BCUT2D eigenvalue weighted by Crippen LogP contribution is -2.11. The lowest BCUT2D eigenvalue weighted by molar-refractivity contribution is -0.116. The molecule has 1 N–H and O–H groups in total. The van der Waals surface area contributed by atoms with Crippen LogP contribution in [0, 0.1) is 6.92 Å². The Hall–Kier alpha value is -1.57. The summed E-state index contributed by atoms with van der Waals surface area (Å²) in [5.41, 5.74) is 1.90. The molecule has 0 saturated carbocycles. The highest BCUT2D eigenvalue weighted by Gasteiger charge is 2.12. The van der Waals surface area contributed by atoms with Crippen LogP contribution in [0.3, 0.4) is 0 Å². The van der Waals surface area contributed by atoms with Crippen LogP contribution in [0.15, 0.2) is 12.1 Å². The van der Waals surface area contributed by atoms with E-state index in [4.69, 9.17) is 4.74 Å². The van der Waals surface area contributed by atoms with Gasteiger partial charge in [-0.15, -0.1) is 11.3 Å². The maximum absolute atomic E-state index is 11.8. The standard InChI is InChI=1S/C14H15N3O2S2/c1-8-15-9-5-6-10-13(12(9)20-8)21-14(16-10)17-11(18)4-3-7-19-2/h5-6H,3-4,7H2,1-2H3,(H,16,17,18). The van der Waals surface area contributed by atoms with Crippen LogP contribution in [-0.4, -0.2) is 29.6 Å². The molecule has 0 saturated heterocycles. The molecule has 21 heavy (non-hydrogen) atoms. The van der Waals surface area contributed by atoms with E-state index < -0.39 is 0 Å². The number of amides is 1. The van der Waals surface area contributed by atoms with E-state index in [0.717, 1.165) is 25.4 Å². The Balaban J connectivity index is 1.84. The Bertz CT molecular complexity index is 794. The van der Waals surface area contributed by atoms with Crippen molar-refractivity contribution in [2.45, 2.75) is 19.8 Å². The molecule has 1 amide bonds. The Morgan fingerprint density at radius 2 is 1.95 bits per heavy atom. The zero-order valence-electron chi connectivity index (χ0n) is 11.8. The number of nitrogens with zero attached hydrogens (tertiary/aromatic N) is 2. The molecular formula is C14H15N3O2S2. The van der Waals surface area contributed by atoms with E-state index >= 15 is 0 Å². The monoisotopic (exact) mass is 321 g/mol. The lowest BCUT2D eigenvalue weighted by Gasteiger charge is -2.00. The third kappa shape index (κ3) is 3.04. The topological polar surface area (TPSA) is 64.1 Å². The zero-order chi connectivity index (χ0) is 14.8. The maximum atomic E-state index is 11.8. The summed E-state index contributed by atoms with van der Waals surface area (Å²) in [5.74, 6) is -0.0252. The van der Waals surface area contributed by atoms with Gasteiger partial charge in [0.1, 0.15) is 0 Å². The predicted octanol–water partition coefficient (Wildman–Crippen LogP) is 3.58. The Labute approximate surface area is 130 Å². The van der Waals surface area contributed by atoms with Gasteiger partial charge in [-0.2, -0.15) is 0 Å². The first kappa shape index (κ1) is 14.4. The number of methoxy groups -OCH3 is 1. The number of hydrogen-bond donors (Lipinski definition) is 1. The number of anilines is 1.